The maximum absolute atomic E-state index is 11.2. The third-order valence-corrected chi connectivity index (χ3v) is 3.90. The number of Topliss-reactive ketones (excluding diaryl/α,β-unsaturated/α-hetero) is 1. The van der Waals surface area contributed by atoms with Crippen molar-refractivity contribution in [2.24, 2.45) is 0 Å². The maximum Gasteiger partial charge on any atom is 0.248 e. The summed E-state index contributed by atoms with van der Waals surface area (Å²) in [7, 11) is -4.27. The summed E-state index contributed by atoms with van der Waals surface area (Å²) >= 11 is 0. The molecule has 0 aliphatic rings. The van der Waals surface area contributed by atoms with Crippen LogP contribution >= 0.6 is 0 Å². The fraction of sp³-hybridized carbons (Fsp3) is 0.222. The molecular weight excluding hydrogens is 326 g/mol. The van der Waals surface area contributed by atoms with Crippen LogP contribution in [0.1, 0.15) is 29.9 Å². The Morgan fingerprint density at radius 3 is 2.17 bits per heavy atom. The highest BCUT2D eigenvalue weighted by molar-refractivity contribution is 7.85. The number of allylic oxidation sites excluding steroid dienone is 1. The number of hydrogen-bond acceptors (Lipinski definition) is 4. The Labute approximate surface area is 143 Å². The Hall–Kier alpha value is -2.31. The van der Waals surface area contributed by atoms with E-state index in [2.05, 4.69) is 6.58 Å². The van der Waals surface area contributed by atoms with Gasteiger partial charge in [0.15, 0.2) is 12.7 Å². The van der Waals surface area contributed by atoms with Crippen LogP contribution in [0.3, 0.4) is 0 Å². The monoisotopic (exact) mass is 347 g/mol. The fourth-order valence-electron chi connectivity index (χ4n) is 1.93. The normalized spacial score (nSPS) is 10.5. The van der Waals surface area contributed by atoms with Crippen LogP contribution in [0.2, 0.25) is 0 Å². The molecule has 5 nitrogen and oxygen atoms in total. The molecule has 6 heteroatoms. The first-order chi connectivity index (χ1) is 11.1. The number of hydrogen-bond donors (Lipinski definition) is 0. The minimum absolute atomic E-state index is 0.0850. The molecule has 0 radical (unpaired) electrons. The molecule has 1 aromatic carbocycles. The van der Waals surface area contributed by atoms with E-state index in [0.717, 1.165) is 16.8 Å². The molecule has 0 aliphatic heterocycles. The van der Waals surface area contributed by atoms with Crippen LogP contribution in [0.5, 0.6) is 0 Å². The molecule has 0 bridgehead atoms. The van der Waals surface area contributed by atoms with E-state index in [9.17, 15) is 17.8 Å². The van der Waals surface area contributed by atoms with Crippen LogP contribution in [-0.4, -0.2) is 18.8 Å². The molecule has 0 unspecified atom stereocenters. The maximum atomic E-state index is 11.2. The van der Waals surface area contributed by atoms with Crippen LogP contribution < -0.4 is 4.57 Å². The Kier molecular flexibility index (Phi) is 7.00. The summed E-state index contributed by atoms with van der Waals surface area (Å²) < 4.78 is 33.1. The molecule has 0 saturated heterocycles. The Morgan fingerprint density at radius 2 is 1.71 bits per heavy atom. The summed E-state index contributed by atoms with van der Waals surface area (Å²) in [5.74, 6) is 0.0850. The van der Waals surface area contributed by atoms with E-state index in [4.69, 9.17) is 0 Å². The zero-order valence-corrected chi connectivity index (χ0v) is 14.8. The highest BCUT2D eigenvalue weighted by Crippen LogP contribution is 2.08. The standard InChI is InChI=1S/C11H14NO.C7H8O3S/c1-9(2)8-12-7-5-4-6-11(12)10(3)13;1-6-2-4-7(5-3-6)11(8,9)10/h4-7H,1,8H2,2-3H3;2-5H,1H3,(H,8,9,10)/q+1;/p-1. The Bertz CT molecular complexity index is 824. The van der Waals surface area contributed by atoms with E-state index in [1.54, 1.807) is 19.1 Å². The zero-order valence-electron chi connectivity index (χ0n) is 14.0. The van der Waals surface area contributed by atoms with Gasteiger partial charge in [-0.3, -0.25) is 4.79 Å². The lowest BCUT2D eigenvalue weighted by Gasteiger charge is -2.05. The highest BCUT2D eigenvalue weighted by atomic mass is 32.2. The molecule has 0 N–H and O–H groups in total. The van der Waals surface area contributed by atoms with E-state index in [1.807, 2.05) is 42.8 Å². The molecule has 0 atom stereocenters. The third kappa shape index (κ3) is 6.44. The highest BCUT2D eigenvalue weighted by Gasteiger charge is 2.13. The van der Waals surface area contributed by atoms with E-state index in [0.29, 0.717) is 6.54 Å². The number of benzene rings is 1. The average Bonchev–Trinajstić information content (AvgIpc) is 2.47. The second-order valence-corrected chi connectivity index (χ2v) is 6.87. The van der Waals surface area contributed by atoms with Gasteiger partial charge >= 0.3 is 0 Å². The van der Waals surface area contributed by atoms with Crippen molar-refractivity contribution in [3.05, 3.63) is 72.1 Å². The number of aryl methyl sites for hydroxylation is 1. The molecule has 0 fully saturated rings. The van der Waals surface area contributed by atoms with Gasteiger partial charge in [0, 0.05) is 19.1 Å². The Morgan fingerprint density at radius 1 is 1.12 bits per heavy atom. The lowest BCUT2D eigenvalue weighted by atomic mass is 10.2. The predicted molar refractivity (Wildman–Crippen MR) is 90.6 cm³/mol. The molecule has 1 heterocycles. The van der Waals surface area contributed by atoms with Gasteiger partial charge in [0.1, 0.15) is 10.1 Å². The van der Waals surface area contributed by atoms with Crippen molar-refractivity contribution in [3.63, 3.8) is 0 Å². The van der Waals surface area contributed by atoms with Crippen LogP contribution in [0.25, 0.3) is 0 Å². The van der Waals surface area contributed by atoms with Crippen LogP contribution in [0.4, 0.5) is 0 Å². The van der Waals surface area contributed by atoms with Gasteiger partial charge in [-0.1, -0.05) is 24.3 Å². The van der Waals surface area contributed by atoms with E-state index >= 15 is 0 Å². The molecule has 1 aromatic heterocycles. The lowest BCUT2D eigenvalue weighted by Crippen LogP contribution is -2.39. The topological polar surface area (TPSA) is 78.1 Å². The molecule has 0 spiro atoms. The van der Waals surface area contributed by atoms with Gasteiger partial charge in [0.2, 0.25) is 11.5 Å². The van der Waals surface area contributed by atoms with Crippen LogP contribution in [-0.2, 0) is 16.7 Å². The van der Waals surface area contributed by atoms with E-state index in [1.165, 1.54) is 12.1 Å². The average molecular weight is 347 g/mol. The zero-order chi connectivity index (χ0) is 18.3. The van der Waals surface area contributed by atoms with Crippen molar-refractivity contribution < 1.29 is 22.3 Å². The fourth-order valence-corrected chi connectivity index (χ4v) is 2.40. The van der Waals surface area contributed by atoms with Gasteiger partial charge in [0.25, 0.3) is 0 Å². The van der Waals surface area contributed by atoms with Gasteiger partial charge in [-0.05, 0) is 37.6 Å². The minimum Gasteiger partial charge on any atom is -0.744 e. The molecule has 0 aliphatic carbocycles. The van der Waals surface area contributed by atoms with Crippen molar-refractivity contribution in [1.82, 2.24) is 0 Å². The number of carbonyl (C=O) groups is 1. The van der Waals surface area contributed by atoms with Crippen molar-refractivity contribution >= 4 is 15.9 Å². The van der Waals surface area contributed by atoms with Crippen molar-refractivity contribution in [3.8, 4) is 0 Å². The molecule has 128 valence electrons. The molecule has 24 heavy (non-hydrogen) atoms. The van der Waals surface area contributed by atoms with Gasteiger partial charge in [0.05, 0.1) is 4.90 Å². The molecular formula is C18H21NO4S. The van der Waals surface area contributed by atoms with Gasteiger partial charge in [-0.15, -0.1) is 0 Å². The van der Waals surface area contributed by atoms with Gasteiger partial charge in [-0.25, -0.2) is 8.42 Å². The number of nitrogens with zero attached hydrogens (tertiary/aromatic N) is 1. The number of pyridine rings is 1. The third-order valence-electron chi connectivity index (χ3n) is 3.05. The summed E-state index contributed by atoms with van der Waals surface area (Å²) in [6.45, 7) is 9.87. The number of rotatable bonds is 4. The summed E-state index contributed by atoms with van der Waals surface area (Å²) in [5.41, 5.74) is 2.70. The predicted octanol–water partition coefficient (Wildman–Crippen LogP) is 2.65. The smallest absolute Gasteiger partial charge is 0.248 e. The van der Waals surface area contributed by atoms with E-state index in [-0.39, 0.29) is 10.7 Å². The first kappa shape index (κ1) is 19.7. The number of ketones is 1. The van der Waals surface area contributed by atoms with Crippen molar-refractivity contribution in [2.45, 2.75) is 32.2 Å². The Balaban J connectivity index is 0.000000243. The molecule has 2 rings (SSSR count). The van der Waals surface area contributed by atoms with Crippen molar-refractivity contribution in [2.75, 3.05) is 0 Å². The number of carbonyl (C=O) groups excluding carboxylic acids is 1. The van der Waals surface area contributed by atoms with Crippen molar-refractivity contribution in [1.29, 1.82) is 0 Å². The summed E-state index contributed by atoms with van der Waals surface area (Å²) in [5, 5.41) is 0. The quantitative estimate of drug-likeness (QED) is 0.369. The van der Waals surface area contributed by atoms with Crippen LogP contribution in [0.15, 0.2) is 65.7 Å². The summed E-state index contributed by atoms with van der Waals surface area (Å²) in [6.07, 6.45) is 1.89. The first-order valence-electron chi connectivity index (χ1n) is 7.27. The first-order valence-corrected chi connectivity index (χ1v) is 8.68. The largest absolute Gasteiger partial charge is 0.744 e. The minimum atomic E-state index is -4.27. The van der Waals surface area contributed by atoms with Gasteiger partial charge < -0.3 is 4.55 Å². The SMILES string of the molecule is C=C(C)C[n+]1ccccc1C(C)=O.Cc1ccc(S(=O)(=O)[O-])cc1. The van der Waals surface area contributed by atoms with E-state index < -0.39 is 10.1 Å². The second-order valence-electron chi connectivity index (χ2n) is 5.49. The molecule has 0 amide bonds. The summed E-state index contributed by atoms with van der Waals surface area (Å²) in [6, 6.07) is 11.4. The molecule has 0 saturated carbocycles. The van der Waals surface area contributed by atoms with Gasteiger partial charge in [-0.2, -0.15) is 4.57 Å². The van der Waals surface area contributed by atoms with Crippen LogP contribution in [0, 0.1) is 6.92 Å². The second kappa shape index (κ2) is 8.52. The molecule has 2 aromatic rings. The summed E-state index contributed by atoms with van der Waals surface area (Å²) in [4.78, 5) is 11.0. The lowest BCUT2D eigenvalue weighted by molar-refractivity contribution is -0.690. The number of aromatic nitrogens is 1.